The Kier molecular flexibility index (Phi) is 8.08. The molecule has 0 bridgehead atoms. The molecular weight excluding hydrogens is 573 g/mol. The summed E-state index contributed by atoms with van der Waals surface area (Å²) in [6.45, 7) is 6.29. The molecular formula is C28H30Cl2N5O4S+. The van der Waals surface area contributed by atoms with Gasteiger partial charge in [-0.25, -0.2) is 9.78 Å². The van der Waals surface area contributed by atoms with Crippen molar-refractivity contribution >= 4 is 61.8 Å². The third kappa shape index (κ3) is 6.11. The first kappa shape index (κ1) is 28.4. The number of thiazole rings is 1. The first-order valence-electron chi connectivity index (χ1n) is 12.8. The molecule has 40 heavy (non-hydrogen) atoms. The van der Waals surface area contributed by atoms with Crippen molar-refractivity contribution in [3.63, 3.8) is 0 Å². The van der Waals surface area contributed by atoms with Gasteiger partial charge >= 0.3 is 5.97 Å². The first-order valence-corrected chi connectivity index (χ1v) is 14.4. The second kappa shape index (κ2) is 11.4. The first-order chi connectivity index (χ1) is 19.0. The number of aromatic amines is 1. The zero-order valence-electron chi connectivity index (χ0n) is 22.3. The molecule has 1 saturated heterocycles. The summed E-state index contributed by atoms with van der Waals surface area (Å²) in [6, 6.07) is 12.9. The number of nitrogens with one attached hydrogen (secondary N) is 2. The van der Waals surface area contributed by atoms with E-state index in [0.29, 0.717) is 28.2 Å². The molecule has 3 N–H and O–H groups in total. The van der Waals surface area contributed by atoms with Crippen LogP contribution in [0.3, 0.4) is 0 Å². The molecule has 0 radical (unpaired) electrons. The quantitative estimate of drug-likeness (QED) is 0.223. The number of benzene rings is 2. The van der Waals surface area contributed by atoms with Gasteiger partial charge in [-0.05, 0) is 24.6 Å². The number of halogens is 2. The van der Waals surface area contributed by atoms with Crippen LogP contribution in [0.25, 0.3) is 10.2 Å². The van der Waals surface area contributed by atoms with Crippen molar-refractivity contribution in [3.05, 3.63) is 75.0 Å². The number of nitrogens with zero attached hydrogens (tertiary/aromatic N) is 3. The number of carbonyl (C=O) groups is 2. The molecule has 1 fully saturated rings. The largest absolute Gasteiger partial charge is 0.482 e. The lowest BCUT2D eigenvalue weighted by molar-refractivity contribution is -0.894. The van der Waals surface area contributed by atoms with Crippen molar-refractivity contribution in [2.75, 3.05) is 52.1 Å². The van der Waals surface area contributed by atoms with E-state index in [-0.39, 0.29) is 32.5 Å². The van der Waals surface area contributed by atoms with Crippen molar-refractivity contribution in [2.45, 2.75) is 13.0 Å². The van der Waals surface area contributed by atoms with Gasteiger partial charge in [0.1, 0.15) is 23.1 Å². The Bertz CT molecular complexity index is 1560. The summed E-state index contributed by atoms with van der Waals surface area (Å²) in [5.74, 6) is -1.25. The number of likely N-dealkylation sites (N-methyl/N-ethyl adjacent to an activating group) is 1. The summed E-state index contributed by atoms with van der Waals surface area (Å²) in [5, 5.41) is 13.2. The molecule has 0 aliphatic carbocycles. The van der Waals surface area contributed by atoms with Gasteiger partial charge in [0.05, 0.1) is 47.5 Å². The second-order valence-electron chi connectivity index (χ2n) is 10.6. The maximum absolute atomic E-state index is 12.9. The zero-order chi connectivity index (χ0) is 28.6. The maximum atomic E-state index is 12.9. The van der Waals surface area contributed by atoms with E-state index in [1.165, 1.54) is 12.1 Å². The van der Waals surface area contributed by atoms with Gasteiger partial charge in [-0.15, -0.1) is 0 Å². The van der Waals surface area contributed by atoms with E-state index in [4.69, 9.17) is 27.9 Å². The summed E-state index contributed by atoms with van der Waals surface area (Å²) >= 11 is 13.5. The molecule has 12 heteroatoms. The van der Waals surface area contributed by atoms with Gasteiger partial charge in [-0.2, -0.15) is 0 Å². The highest BCUT2D eigenvalue weighted by Gasteiger charge is 2.28. The Hall–Kier alpha value is -3.15. The maximum Gasteiger partial charge on any atom is 0.335 e. The predicted molar refractivity (Wildman–Crippen MR) is 158 cm³/mol. The number of carbonyl (C=O) groups excluding carboxylic acids is 1. The third-order valence-corrected chi connectivity index (χ3v) is 8.98. The summed E-state index contributed by atoms with van der Waals surface area (Å²) < 4.78 is 8.12. The highest BCUT2D eigenvalue weighted by Crippen LogP contribution is 2.37. The standard InChI is InChI=1S/C28H29Cl2N5O4S/c1-16-22(29)23(30)25(31-16)26(36)33-28-32-24-19(13-18(27(37)38)14-21(24)40-28)39-20(17-7-5-4-6-8-17)15-34-9-11-35(2,3)12-10-34/h4-8,13-14,20H,9-12,15H2,1-3H3,(H2-,31,32,33,36,37,38)/p+1. The van der Waals surface area contributed by atoms with E-state index < -0.39 is 11.9 Å². The van der Waals surface area contributed by atoms with Gasteiger partial charge in [-0.3, -0.25) is 15.0 Å². The molecule has 9 nitrogen and oxygen atoms in total. The number of amides is 1. The Labute approximate surface area is 245 Å². The number of carboxylic acids is 1. The number of aromatic nitrogens is 2. The Balaban J connectivity index is 1.47. The number of piperazine rings is 1. The zero-order valence-corrected chi connectivity index (χ0v) is 24.7. The fourth-order valence-electron chi connectivity index (χ4n) is 4.65. The van der Waals surface area contributed by atoms with Crippen LogP contribution in [0.4, 0.5) is 5.13 Å². The minimum Gasteiger partial charge on any atom is -0.482 e. The average Bonchev–Trinajstić information content (AvgIpc) is 3.45. The van der Waals surface area contributed by atoms with Crippen molar-refractivity contribution in [3.8, 4) is 5.75 Å². The van der Waals surface area contributed by atoms with Gasteiger partial charge < -0.3 is 19.3 Å². The average molecular weight is 604 g/mol. The Morgan fingerprint density at radius 1 is 1.18 bits per heavy atom. The van der Waals surface area contributed by atoms with E-state index in [1.807, 2.05) is 30.3 Å². The molecule has 0 spiro atoms. The minimum atomic E-state index is -1.08. The summed E-state index contributed by atoms with van der Waals surface area (Å²) in [4.78, 5) is 34.8. The van der Waals surface area contributed by atoms with Crippen LogP contribution in [-0.2, 0) is 0 Å². The Morgan fingerprint density at radius 3 is 2.50 bits per heavy atom. The SMILES string of the molecule is Cc1[nH]c(C(=O)Nc2nc3c(OC(CN4CC[N+](C)(C)CC4)c4ccccc4)cc(C(=O)O)cc3s2)c(Cl)c1Cl. The van der Waals surface area contributed by atoms with Gasteiger partial charge in [0, 0.05) is 25.3 Å². The topological polar surface area (TPSA) is 108 Å². The van der Waals surface area contributed by atoms with E-state index in [2.05, 4.69) is 34.3 Å². The number of anilines is 1. The van der Waals surface area contributed by atoms with Gasteiger partial charge in [0.15, 0.2) is 5.13 Å². The van der Waals surface area contributed by atoms with Crippen LogP contribution >= 0.6 is 34.5 Å². The summed E-state index contributed by atoms with van der Waals surface area (Å²) in [5.41, 5.74) is 2.22. The molecule has 5 rings (SSSR count). The van der Waals surface area contributed by atoms with Crippen molar-refractivity contribution < 1.29 is 23.9 Å². The third-order valence-electron chi connectivity index (χ3n) is 7.12. The minimum absolute atomic E-state index is 0.0719. The van der Waals surface area contributed by atoms with Crippen LogP contribution in [0.15, 0.2) is 42.5 Å². The molecule has 2 aromatic heterocycles. The van der Waals surface area contributed by atoms with E-state index >= 15 is 0 Å². The number of quaternary nitrogens is 1. The second-order valence-corrected chi connectivity index (χ2v) is 12.3. The van der Waals surface area contributed by atoms with Crippen molar-refractivity contribution in [2.24, 2.45) is 0 Å². The van der Waals surface area contributed by atoms with E-state index in [9.17, 15) is 14.7 Å². The molecule has 1 atom stereocenters. The molecule has 1 amide bonds. The van der Waals surface area contributed by atoms with Gasteiger partial charge in [-0.1, -0.05) is 64.9 Å². The van der Waals surface area contributed by atoms with E-state index in [0.717, 1.165) is 47.6 Å². The lowest BCUT2D eigenvalue weighted by Gasteiger charge is -2.40. The number of rotatable bonds is 8. The van der Waals surface area contributed by atoms with Crippen molar-refractivity contribution in [1.29, 1.82) is 0 Å². The number of aryl methyl sites for hydroxylation is 1. The van der Waals surface area contributed by atoms with Gasteiger partial charge in [0.2, 0.25) is 0 Å². The molecule has 4 aromatic rings. The summed E-state index contributed by atoms with van der Waals surface area (Å²) in [7, 11) is 4.46. The Morgan fingerprint density at radius 2 is 1.88 bits per heavy atom. The fraction of sp³-hybridized carbons (Fsp3) is 0.321. The molecule has 1 unspecified atom stereocenters. The molecule has 210 valence electrons. The number of aromatic carboxylic acids is 1. The highest BCUT2D eigenvalue weighted by molar-refractivity contribution is 7.22. The number of fused-ring (bicyclic) bond motifs is 1. The monoisotopic (exact) mass is 602 g/mol. The number of ether oxygens (including phenoxy) is 1. The molecule has 1 aliphatic heterocycles. The molecule has 1 aliphatic rings. The number of carboxylic acid groups (broad SMARTS) is 1. The number of hydrogen-bond acceptors (Lipinski definition) is 6. The molecule has 3 heterocycles. The van der Waals surface area contributed by atoms with Crippen molar-refractivity contribution in [1.82, 2.24) is 14.9 Å². The molecule has 2 aromatic carbocycles. The number of hydrogen-bond donors (Lipinski definition) is 3. The van der Waals surface area contributed by atoms with E-state index in [1.54, 1.807) is 6.92 Å². The van der Waals surface area contributed by atoms with Crippen LogP contribution in [-0.4, -0.2) is 83.2 Å². The number of H-pyrrole nitrogens is 1. The summed E-state index contributed by atoms with van der Waals surface area (Å²) in [6.07, 6.45) is -0.357. The van der Waals surface area contributed by atoms with Crippen LogP contribution in [0.5, 0.6) is 5.75 Å². The van der Waals surface area contributed by atoms with Gasteiger partial charge in [0.25, 0.3) is 5.91 Å². The van der Waals surface area contributed by atoms with Crippen LogP contribution in [0, 0.1) is 6.92 Å². The smallest absolute Gasteiger partial charge is 0.335 e. The lowest BCUT2D eigenvalue weighted by atomic mass is 10.1. The predicted octanol–water partition coefficient (Wildman–Crippen LogP) is 5.70. The van der Waals surface area contributed by atoms with Crippen LogP contribution < -0.4 is 10.1 Å². The lowest BCUT2D eigenvalue weighted by Crippen LogP contribution is -2.55. The van der Waals surface area contributed by atoms with Crippen LogP contribution in [0.2, 0.25) is 10.0 Å². The molecule has 0 saturated carbocycles. The van der Waals surface area contributed by atoms with Crippen LogP contribution in [0.1, 0.15) is 38.2 Å². The highest BCUT2D eigenvalue weighted by atomic mass is 35.5. The normalized spacial score (nSPS) is 16.1. The fourth-order valence-corrected chi connectivity index (χ4v) is 5.98.